The maximum absolute atomic E-state index is 13.5. The minimum Gasteiger partial charge on any atom is -0.489 e. The maximum Gasteiger partial charge on any atom is 0.410 e. The predicted octanol–water partition coefficient (Wildman–Crippen LogP) is 3.83. The van der Waals surface area contributed by atoms with Crippen LogP contribution in [0.2, 0.25) is 0 Å². The number of rotatable bonds is 3. The number of halogens is 1. The van der Waals surface area contributed by atoms with Crippen LogP contribution in [0.3, 0.4) is 0 Å². The number of amides is 1. The Labute approximate surface area is 151 Å². The van der Waals surface area contributed by atoms with Gasteiger partial charge in [-0.2, -0.15) is 0 Å². The molecule has 0 saturated carbocycles. The number of piperidine rings is 1. The van der Waals surface area contributed by atoms with Crippen molar-refractivity contribution in [3.8, 4) is 5.75 Å². The van der Waals surface area contributed by atoms with Crippen LogP contribution < -0.4 is 4.74 Å². The normalized spacial score (nSPS) is 25.1. The van der Waals surface area contributed by atoms with Gasteiger partial charge in [-0.15, -0.1) is 0 Å². The lowest BCUT2D eigenvalue weighted by molar-refractivity contribution is -0.00716. The largest absolute Gasteiger partial charge is 0.489 e. The van der Waals surface area contributed by atoms with Crippen LogP contribution in [0.5, 0.6) is 5.75 Å². The van der Waals surface area contributed by atoms with Crippen LogP contribution in [-0.4, -0.2) is 45.9 Å². The van der Waals surface area contributed by atoms with Gasteiger partial charge in [-0.05, 0) is 45.7 Å². The number of carboxylic acids is 1. The fourth-order valence-corrected chi connectivity index (χ4v) is 3.79. The third-order valence-corrected chi connectivity index (χ3v) is 4.76. The molecule has 2 aliphatic rings. The van der Waals surface area contributed by atoms with Gasteiger partial charge >= 0.3 is 12.1 Å². The first-order valence-corrected chi connectivity index (χ1v) is 8.85. The van der Waals surface area contributed by atoms with E-state index in [1.165, 1.54) is 6.07 Å². The summed E-state index contributed by atoms with van der Waals surface area (Å²) < 4.78 is 24.8. The highest BCUT2D eigenvalue weighted by atomic mass is 19.1. The van der Waals surface area contributed by atoms with Crippen molar-refractivity contribution in [3.63, 3.8) is 0 Å². The van der Waals surface area contributed by atoms with Crippen molar-refractivity contribution in [2.24, 2.45) is 0 Å². The predicted molar refractivity (Wildman–Crippen MR) is 91.9 cm³/mol. The number of ether oxygens (including phenoxy) is 2. The smallest absolute Gasteiger partial charge is 0.410 e. The summed E-state index contributed by atoms with van der Waals surface area (Å²) in [4.78, 5) is 25.6. The van der Waals surface area contributed by atoms with E-state index in [4.69, 9.17) is 9.47 Å². The molecule has 0 aromatic heterocycles. The molecule has 2 heterocycles. The first-order chi connectivity index (χ1) is 12.1. The summed E-state index contributed by atoms with van der Waals surface area (Å²) in [6.07, 6.45) is 2.29. The molecular formula is C19H24FNO5. The van der Waals surface area contributed by atoms with Crippen molar-refractivity contribution in [3.05, 3.63) is 29.6 Å². The fourth-order valence-electron chi connectivity index (χ4n) is 3.79. The SMILES string of the molecule is CC(C)(C)OC(=O)N1[C@@H]2CC[C@H]1C[C@@H](Oc1cc(F)ccc1C(=O)O)C2. The number of fused-ring (bicyclic) bond motifs is 2. The van der Waals surface area contributed by atoms with Gasteiger partial charge in [-0.3, -0.25) is 0 Å². The molecule has 2 aliphatic heterocycles. The van der Waals surface area contributed by atoms with Crippen LogP contribution in [0.25, 0.3) is 0 Å². The lowest BCUT2D eigenvalue weighted by Crippen LogP contribution is -2.50. The summed E-state index contributed by atoms with van der Waals surface area (Å²) in [5, 5.41) is 9.25. The van der Waals surface area contributed by atoms with Gasteiger partial charge in [0.15, 0.2) is 0 Å². The average Bonchev–Trinajstić information content (AvgIpc) is 2.77. The van der Waals surface area contributed by atoms with Gasteiger partial charge in [0, 0.05) is 31.0 Å². The molecule has 0 aliphatic carbocycles. The second-order valence-corrected chi connectivity index (χ2v) is 7.93. The lowest BCUT2D eigenvalue weighted by atomic mass is 10.00. The first kappa shape index (κ1) is 18.5. The number of hydrogen-bond donors (Lipinski definition) is 1. The zero-order valence-corrected chi connectivity index (χ0v) is 15.2. The number of benzene rings is 1. The Morgan fingerprint density at radius 2 is 1.81 bits per heavy atom. The fraction of sp³-hybridized carbons (Fsp3) is 0.579. The molecule has 0 radical (unpaired) electrons. The topological polar surface area (TPSA) is 76.1 Å². The molecule has 1 aromatic rings. The number of carbonyl (C=O) groups is 2. The van der Waals surface area contributed by atoms with Crippen LogP contribution in [0.15, 0.2) is 18.2 Å². The van der Waals surface area contributed by atoms with Crippen LogP contribution in [0.4, 0.5) is 9.18 Å². The molecule has 1 N–H and O–H groups in total. The van der Waals surface area contributed by atoms with Gasteiger partial charge < -0.3 is 19.5 Å². The molecule has 0 unspecified atom stereocenters. The second-order valence-electron chi connectivity index (χ2n) is 7.93. The van der Waals surface area contributed by atoms with E-state index < -0.39 is 17.4 Å². The van der Waals surface area contributed by atoms with Gasteiger partial charge in [0.2, 0.25) is 0 Å². The van der Waals surface area contributed by atoms with Crippen molar-refractivity contribution in [2.75, 3.05) is 0 Å². The van der Waals surface area contributed by atoms with Gasteiger partial charge in [-0.1, -0.05) is 0 Å². The van der Waals surface area contributed by atoms with Crippen molar-refractivity contribution in [1.29, 1.82) is 0 Å². The van der Waals surface area contributed by atoms with E-state index in [1.807, 2.05) is 20.8 Å². The molecule has 7 heteroatoms. The maximum atomic E-state index is 13.5. The Balaban J connectivity index is 1.71. The van der Waals surface area contributed by atoms with Crippen molar-refractivity contribution in [1.82, 2.24) is 4.90 Å². The Bertz CT molecular complexity index is 700. The van der Waals surface area contributed by atoms with Gasteiger partial charge in [-0.25, -0.2) is 14.0 Å². The minimum atomic E-state index is -1.16. The van der Waals surface area contributed by atoms with E-state index in [1.54, 1.807) is 4.90 Å². The molecule has 2 bridgehead atoms. The summed E-state index contributed by atoms with van der Waals surface area (Å²) in [6, 6.07) is 3.40. The molecule has 26 heavy (non-hydrogen) atoms. The van der Waals surface area contributed by atoms with E-state index in [2.05, 4.69) is 0 Å². The molecule has 1 amide bonds. The molecule has 0 spiro atoms. The van der Waals surface area contributed by atoms with Crippen molar-refractivity contribution < 1.29 is 28.6 Å². The number of carboxylic acid groups (broad SMARTS) is 1. The van der Waals surface area contributed by atoms with E-state index in [9.17, 15) is 19.1 Å². The quantitative estimate of drug-likeness (QED) is 0.881. The highest BCUT2D eigenvalue weighted by molar-refractivity contribution is 5.90. The average molecular weight is 365 g/mol. The Kier molecular flexibility index (Phi) is 4.82. The van der Waals surface area contributed by atoms with E-state index in [-0.39, 0.29) is 35.6 Å². The summed E-state index contributed by atoms with van der Waals surface area (Å²) in [6.45, 7) is 5.50. The highest BCUT2D eigenvalue weighted by Gasteiger charge is 2.45. The Hall–Kier alpha value is -2.31. The summed E-state index contributed by atoms with van der Waals surface area (Å²) in [5.41, 5.74) is -0.615. The number of hydrogen-bond acceptors (Lipinski definition) is 4. The van der Waals surface area contributed by atoms with Crippen molar-refractivity contribution >= 4 is 12.1 Å². The molecule has 142 valence electrons. The first-order valence-electron chi connectivity index (χ1n) is 8.85. The second kappa shape index (κ2) is 6.78. The Morgan fingerprint density at radius 3 is 2.35 bits per heavy atom. The lowest BCUT2D eigenvalue weighted by Gasteiger charge is -2.39. The monoisotopic (exact) mass is 365 g/mol. The minimum absolute atomic E-state index is 0.00422. The van der Waals surface area contributed by atoms with Gasteiger partial charge in [0.1, 0.15) is 28.8 Å². The third kappa shape index (κ3) is 3.92. The molecular weight excluding hydrogens is 341 g/mol. The number of aromatic carboxylic acids is 1. The molecule has 2 fully saturated rings. The number of carbonyl (C=O) groups excluding carboxylic acids is 1. The molecule has 6 nitrogen and oxygen atoms in total. The third-order valence-electron chi connectivity index (χ3n) is 4.76. The molecule has 3 atom stereocenters. The van der Waals surface area contributed by atoms with E-state index in [0.29, 0.717) is 12.8 Å². The van der Waals surface area contributed by atoms with Crippen LogP contribution in [0.1, 0.15) is 56.8 Å². The standard InChI is InChI=1S/C19H24FNO5/c1-19(2,3)26-18(24)21-12-5-6-13(21)10-14(9-12)25-16-8-11(20)4-7-15(16)17(22)23/h4,7-8,12-14H,5-6,9-10H2,1-3H3,(H,22,23)/t12-,13+,14+. The van der Waals surface area contributed by atoms with Gasteiger partial charge in [0.05, 0.1) is 0 Å². The van der Waals surface area contributed by atoms with Crippen LogP contribution >= 0.6 is 0 Å². The van der Waals surface area contributed by atoms with Crippen LogP contribution in [0, 0.1) is 5.82 Å². The zero-order valence-electron chi connectivity index (χ0n) is 15.2. The zero-order chi connectivity index (χ0) is 19.1. The van der Waals surface area contributed by atoms with E-state index in [0.717, 1.165) is 25.0 Å². The summed E-state index contributed by atoms with van der Waals surface area (Å²) in [5.74, 6) is -1.67. The summed E-state index contributed by atoms with van der Waals surface area (Å²) in [7, 11) is 0. The Morgan fingerprint density at radius 1 is 1.19 bits per heavy atom. The van der Waals surface area contributed by atoms with Crippen LogP contribution in [-0.2, 0) is 4.74 Å². The van der Waals surface area contributed by atoms with Crippen molar-refractivity contribution in [2.45, 2.75) is 70.2 Å². The summed E-state index contributed by atoms with van der Waals surface area (Å²) >= 11 is 0. The van der Waals surface area contributed by atoms with E-state index >= 15 is 0 Å². The molecule has 1 aromatic carbocycles. The molecule has 2 saturated heterocycles. The number of nitrogens with zero attached hydrogens (tertiary/aromatic N) is 1. The molecule has 3 rings (SSSR count). The highest BCUT2D eigenvalue weighted by Crippen LogP contribution is 2.38. The van der Waals surface area contributed by atoms with Gasteiger partial charge in [0.25, 0.3) is 0 Å².